The van der Waals surface area contributed by atoms with Gasteiger partial charge < -0.3 is 9.47 Å². The molecule has 12 aromatic rings. The van der Waals surface area contributed by atoms with Crippen LogP contribution < -0.4 is 36.9 Å². The number of ether oxygens (including phenoxy) is 2. The van der Waals surface area contributed by atoms with E-state index in [0.717, 1.165) is 177 Å². The highest BCUT2D eigenvalue weighted by Crippen LogP contribution is 2.29. The molecule has 10 aromatic carbocycles. The van der Waals surface area contributed by atoms with Gasteiger partial charge in [-0.05, 0) is 233 Å². The third-order valence-electron chi connectivity index (χ3n) is 22.1. The number of hydroxylamine groups is 5. The quantitative estimate of drug-likeness (QED) is 0.0236. The number of benzene rings is 10. The first-order chi connectivity index (χ1) is 58.7. The number of rotatable bonds is 21. The molecule has 0 fully saturated rings. The molecule has 0 unspecified atom stereocenters. The number of para-hydroxylation sites is 2. The van der Waals surface area contributed by atoms with Gasteiger partial charge >= 0.3 is 0 Å². The summed E-state index contributed by atoms with van der Waals surface area (Å²) in [5.41, 5.74) is 30.0. The first kappa shape index (κ1) is 85.2. The molecule has 26 heteroatoms. The van der Waals surface area contributed by atoms with Crippen molar-refractivity contribution in [3.63, 3.8) is 0 Å². The summed E-state index contributed by atoms with van der Waals surface area (Å²) in [4.78, 5) is 78.1. The second kappa shape index (κ2) is 42.6. The fraction of sp³-hybridized carbons (Fsp3) is 0.255. The van der Waals surface area contributed by atoms with E-state index in [0.29, 0.717) is 34.4 Å². The summed E-state index contributed by atoms with van der Waals surface area (Å²) in [5.74, 6) is -0.552. The molecule has 17 rings (SSSR count). The van der Waals surface area contributed by atoms with Gasteiger partial charge in [0.15, 0.2) is 0 Å². The Hall–Kier alpha value is -12.7. The number of aryl methyl sites for hydroxylation is 1. The van der Waals surface area contributed by atoms with Crippen LogP contribution in [0.25, 0.3) is 16.6 Å². The van der Waals surface area contributed by atoms with E-state index in [1.54, 1.807) is 75.9 Å². The van der Waals surface area contributed by atoms with Gasteiger partial charge in [-0.25, -0.2) is 37.1 Å². The zero-order chi connectivity index (χ0) is 83.5. The fourth-order valence-electron chi connectivity index (χ4n) is 15.6. The number of amides is 5. The van der Waals surface area contributed by atoms with Crippen LogP contribution in [0.3, 0.4) is 0 Å². The Bertz CT molecular complexity index is 5320. The van der Waals surface area contributed by atoms with E-state index in [1.807, 2.05) is 133 Å². The number of nitrogens with one attached hydrogen (secondary N) is 5. The molecule has 0 saturated heterocycles. The van der Waals surface area contributed by atoms with Gasteiger partial charge in [0.25, 0.3) is 29.5 Å². The largest absolute Gasteiger partial charge is 0.497 e. The Morgan fingerprint density at radius 1 is 0.375 bits per heavy atom. The van der Waals surface area contributed by atoms with Crippen LogP contribution in [0.2, 0.25) is 0 Å². The summed E-state index contributed by atoms with van der Waals surface area (Å²) in [6.45, 7) is 14.3. The van der Waals surface area contributed by atoms with Crippen molar-refractivity contribution in [1.82, 2.24) is 71.6 Å². The van der Waals surface area contributed by atoms with Crippen molar-refractivity contribution in [1.29, 1.82) is 0 Å². The van der Waals surface area contributed by atoms with Gasteiger partial charge in [-0.3, -0.25) is 79.5 Å². The number of methoxy groups -OCH3 is 1. The lowest BCUT2D eigenvalue weighted by molar-refractivity contribution is 0.0702. The minimum Gasteiger partial charge on any atom is -0.497 e. The summed E-state index contributed by atoms with van der Waals surface area (Å²) in [7, 11) is 1.67. The van der Waals surface area contributed by atoms with Crippen molar-refractivity contribution < 1.29 is 59.5 Å². The maximum Gasteiger partial charge on any atom is 0.274 e. The Kier molecular flexibility index (Phi) is 30.3. The van der Waals surface area contributed by atoms with Crippen LogP contribution in [0, 0.1) is 0 Å². The van der Waals surface area contributed by atoms with Crippen molar-refractivity contribution in [3.8, 4) is 17.2 Å². The van der Waals surface area contributed by atoms with Gasteiger partial charge in [-0.2, -0.15) is 5.10 Å². The summed E-state index contributed by atoms with van der Waals surface area (Å²) in [5, 5.41) is 49.0. The summed E-state index contributed by atoms with van der Waals surface area (Å²) in [6.07, 6.45) is 9.99. The molecule has 10 N–H and O–H groups in total. The molecule has 618 valence electrons. The van der Waals surface area contributed by atoms with Crippen molar-refractivity contribution >= 4 is 40.4 Å². The number of hydrogen-bond donors (Lipinski definition) is 10. The molecule has 5 aliphatic heterocycles. The van der Waals surface area contributed by atoms with E-state index >= 15 is 0 Å². The lowest BCUT2D eigenvalue weighted by Crippen LogP contribution is -2.34. The van der Waals surface area contributed by atoms with Crippen LogP contribution in [0.5, 0.6) is 11.5 Å². The molecular formula is C94H100N14O12. The Labute approximate surface area is 697 Å². The predicted octanol–water partition coefficient (Wildman–Crippen LogP) is 12.3. The monoisotopic (exact) mass is 1620 g/mol. The molecule has 5 aliphatic rings. The third-order valence-corrected chi connectivity index (χ3v) is 22.1. The molecule has 0 aliphatic carbocycles. The number of nitrogens with zero attached hydrogens (tertiary/aromatic N) is 9. The maximum atomic E-state index is 11.5. The van der Waals surface area contributed by atoms with Gasteiger partial charge in [0, 0.05) is 125 Å². The molecule has 2 aromatic heterocycles. The van der Waals surface area contributed by atoms with Crippen LogP contribution >= 0.6 is 0 Å². The van der Waals surface area contributed by atoms with Crippen LogP contribution in [0.15, 0.2) is 249 Å². The minimum atomic E-state index is -0.470. The summed E-state index contributed by atoms with van der Waals surface area (Å²) < 4.78 is 12.7. The van der Waals surface area contributed by atoms with E-state index in [-0.39, 0.29) is 0 Å². The predicted molar refractivity (Wildman–Crippen MR) is 453 cm³/mol. The molecule has 120 heavy (non-hydrogen) atoms. The zero-order valence-corrected chi connectivity index (χ0v) is 67.1. The molecule has 0 atom stereocenters. The SMILES string of the molecule is COc1ccc(CN2CCc3cc(C(=O)NO)ccc3C2)cc1.O=C(NO)c1ccc2c(c1)CCN(CCCc1ccccc1)C2.O=C(NO)c1ccc2c(c1)CCN(CCOc1ccccc1)C2.O=C(NO)c1ccc2c(c1)CCN(Cc1ccc(-n3cncn3)cc1)C2.O=C(NO)c1ccc2c(c1)CCN(Cc1ccc3ccccc3n1)C2. The van der Waals surface area contributed by atoms with E-state index in [9.17, 15) is 24.0 Å². The van der Waals surface area contributed by atoms with Gasteiger partial charge in [0.05, 0.1) is 24.0 Å². The topological polar surface area (TPSA) is 325 Å². The molecule has 0 saturated carbocycles. The highest BCUT2D eigenvalue weighted by molar-refractivity contribution is 5.96. The lowest BCUT2D eigenvalue weighted by atomic mass is 9.96. The number of fused-ring (bicyclic) bond motifs is 6. The molecule has 7 heterocycles. The van der Waals surface area contributed by atoms with E-state index in [1.165, 1.54) is 78.7 Å². The van der Waals surface area contributed by atoms with Crippen molar-refractivity contribution in [2.45, 2.75) is 97.3 Å². The molecular weight excluding hydrogens is 1520 g/mol. The van der Waals surface area contributed by atoms with Crippen LogP contribution in [0.4, 0.5) is 0 Å². The molecule has 0 radical (unpaired) electrons. The number of pyridine rings is 1. The number of carbonyl (C=O) groups is 5. The van der Waals surface area contributed by atoms with Crippen LogP contribution in [-0.4, -0.2) is 159 Å². The molecule has 26 nitrogen and oxygen atoms in total. The Balaban J connectivity index is 0.000000130. The Morgan fingerprint density at radius 2 is 0.767 bits per heavy atom. The average Bonchev–Trinajstić information content (AvgIpc) is 0.877. The van der Waals surface area contributed by atoms with E-state index in [2.05, 4.69) is 107 Å². The first-order valence-electron chi connectivity index (χ1n) is 40.2. The normalized spacial score (nSPS) is 14.2. The van der Waals surface area contributed by atoms with Gasteiger partial charge in [0.2, 0.25) is 0 Å². The molecule has 0 spiro atoms. The minimum absolute atomic E-state index is 0.446. The second-order valence-corrected chi connectivity index (χ2v) is 30.2. The summed E-state index contributed by atoms with van der Waals surface area (Å²) >= 11 is 0. The van der Waals surface area contributed by atoms with E-state index < -0.39 is 29.5 Å². The third kappa shape index (κ3) is 23.6. The van der Waals surface area contributed by atoms with Crippen molar-refractivity contribution in [2.24, 2.45) is 0 Å². The average molecular weight is 1620 g/mol. The number of hydrogen-bond acceptors (Lipinski definition) is 20. The fourth-order valence-corrected chi connectivity index (χ4v) is 15.6. The second-order valence-electron chi connectivity index (χ2n) is 30.2. The lowest BCUT2D eigenvalue weighted by Gasteiger charge is -2.29. The molecule has 5 amide bonds. The van der Waals surface area contributed by atoms with Gasteiger partial charge in [0.1, 0.15) is 30.8 Å². The number of aromatic nitrogens is 4. The standard InChI is InChI=1S/C20H19N3O2.C19H19N5O2.C19H22N2O2.2C18H20N2O3/c24-20(22-25)16-5-6-17-12-23(10-9-15(17)11-16)13-18-8-7-14-3-1-2-4-19(14)21-18;25-19(22-26)16-3-4-17-11-23(8-7-15(17)9-16)10-14-1-5-18(6-2-14)24-13-20-12-21-24;22-19(20-23)17-8-9-18-14-21(12-10-16(18)13-17)11-4-7-15-5-2-1-3-6-15;1-23-17-6-2-13(3-7-17)11-20-9-8-14-10-15(18(21)19-22)4-5-16(14)12-20;21-18(19-22)15-6-7-16-13-20(9-8-14(16)12-15)10-11-23-17-4-2-1-3-5-17/h1-8,11,25H,9-10,12-13H2,(H,22,24);1-6,9,12-13,26H,7-8,10-11H2,(H,22,25);1-3,5-6,8-9,13,23H,4,7,10-12,14H2,(H,20,22);2-7,10,22H,8-9,11-12H2,1H3,(H,19,21);1-7,12,22H,8-11,13H2,(H,19,21). The van der Waals surface area contributed by atoms with Crippen LogP contribution in [-0.2, 0) is 90.9 Å². The zero-order valence-electron chi connectivity index (χ0n) is 67.1. The number of carbonyl (C=O) groups excluding carboxylic acids is 5. The molecule has 0 bridgehead atoms. The summed E-state index contributed by atoms with van der Waals surface area (Å²) in [6, 6.07) is 77.2. The van der Waals surface area contributed by atoms with E-state index in [4.69, 9.17) is 40.5 Å². The van der Waals surface area contributed by atoms with Gasteiger partial charge in [-0.1, -0.05) is 127 Å². The van der Waals surface area contributed by atoms with Gasteiger partial charge in [-0.15, -0.1) is 0 Å². The highest BCUT2D eigenvalue weighted by Gasteiger charge is 2.25. The smallest absolute Gasteiger partial charge is 0.274 e. The van der Waals surface area contributed by atoms with Crippen molar-refractivity contribution in [2.75, 3.05) is 59.5 Å². The highest BCUT2D eigenvalue weighted by atomic mass is 16.5. The Morgan fingerprint density at radius 3 is 1.19 bits per heavy atom. The first-order valence-corrected chi connectivity index (χ1v) is 40.2. The maximum absolute atomic E-state index is 11.5. The van der Waals surface area contributed by atoms with Crippen molar-refractivity contribution in [3.05, 3.63) is 355 Å². The van der Waals surface area contributed by atoms with Crippen LogP contribution in [0.1, 0.15) is 136 Å².